The normalized spacial score (nSPS) is 10.7. The molecular formula is C25H27FN4O2. The molecule has 32 heavy (non-hydrogen) atoms. The van der Waals surface area contributed by atoms with E-state index in [2.05, 4.69) is 20.5 Å². The van der Waals surface area contributed by atoms with Crippen molar-refractivity contribution < 1.29 is 14.0 Å². The molecule has 0 aliphatic rings. The van der Waals surface area contributed by atoms with Gasteiger partial charge in [0.25, 0.3) is 0 Å². The topological polar surface area (TPSA) is 74.3 Å². The minimum Gasteiger partial charge on any atom is -0.334 e. The molecule has 1 aromatic heterocycles. The van der Waals surface area contributed by atoms with Crippen LogP contribution in [0.4, 0.5) is 9.18 Å². The van der Waals surface area contributed by atoms with Gasteiger partial charge in [0, 0.05) is 50.9 Å². The van der Waals surface area contributed by atoms with Crippen LogP contribution in [0.15, 0.2) is 79.0 Å². The maximum absolute atomic E-state index is 13.2. The van der Waals surface area contributed by atoms with Crippen molar-refractivity contribution in [3.63, 3.8) is 0 Å². The molecule has 1 heterocycles. The Kier molecular flexibility index (Phi) is 8.89. The highest BCUT2D eigenvalue weighted by Crippen LogP contribution is 2.09. The van der Waals surface area contributed by atoms with Gasteiger partial charge in [0.05, 0.1) is 0 Å². The highest BCUT2D eigenvalue weighted by Gasteiger charge is 2.12. The lowest BCUT2D eigenvalue weighted by atomic mass is 10.2. The van der Waals surface area contributed by atoms with E-state index in [4.69, 9.17) is 0 Å². The Bertz CT molecular complexity index is 982. The third-order valence-electron chi connectivity index (χ3n) is 4.93. The Morgan fingerprint density at radius 1 is 0.875 bits per heavy atom. The second-order valence-electron chi connectivity index (χ2n) is 7.44. The Balaban J connectivity index is 1.49. The molecule has 3 rings (SSSR count). The summed E-state index contributed by atoms with van der Waals surface area (Å²) in [5.41, 5.74) is 2.87. The molecule has 2 aromatic carbocycles. The molecule has 0 unspecified atom stereocenters. The standard InChI is InChI=1S/C25H27FN4O2/c26-22-11-9-21(10-12-22)19-30(16-13-23-8-4-5-15-27-23)17-14-24(31)29-25(32)28-18-20-6-2-1-3-7-20/h1-12,15H,13-14,16-19H2,(H2,28,29,31,32). The van der Waals surface area contributed by atoms with Crippen LogP contribution >= 0.6 is 0 Å². The number of carbonyl (C=O) groups excluding carboxylic acids is 2. The molecule has 3 aromatic rings. The Morgan fingerprint density at radius 2 is 1.62 bits per heavy atom. The van der Waals surface area contributed by atoms with Crippen LogP contribution in [-0.2, 0) is 24.3 Å². The lowest BCUT2D eigenvalue weighted by Gasteiger charge is -2.22. The number of carbonyl (C=O) groups is 2. The number of amides is 3. The summed E-state index contributed by atoms with van der Waals surface area (Å²) in [7, 11) is 0. The van der Waals surface area contributed by atoms with Gasteiger partial charge in [0.1, 0.15) is 5.82 Å². The van der Waals surface area contributed by atoms with Crippen molar-refractivity contribution in [2.45, 2.75) is 25.9 Å². The van der Waals surface area contributed by atoms with Crippen molar-refractivity contribution in [1.29, 1.82) is 0 Å². The van der Waals surface area contributed by atoms with Gasteiger partial charge in [-0.1, -0.05) is 48.5 Å². The van der Waals surface area contributed by atoms with Crippen LogP contribution < -0.4 is 10.6 Å². The summed E-state index contributed by atoms with van der Waals surface area (Å²) < 4.78 is 13.2. The number of halogens is 1. The molecule has 7 heteroatoms. The zero-order valence-electron chi connectivity index (χ0n) is 17.8. The first-order chi connectivity index (χ1) is 15.6. The molecule has 0 atom stereocenters. The fourth-order valence-electron chi connectivity index (χ4n) is 3.21. The van der Waals surface area contributed by atoms with Crippen molar-refractivity contribution in [1.82, 2.24) is 20.5 Å². The zero-order valence-corrected chi connectivity index (χ0v) is 17.8. The van der Waals surface area contributed by atoms with E-state index in [0.717, 1.165) is 23.2 Å². The number of benzene rings is 2. The Morgan fingerprint density at radius 3 is 2.34 bits per heavy atom. The first kappa shape index (κ1) is 23.1. The lowest BCUT2D eigenvalue weighted by molar-refractivity contribution is -0.120. The fourth-order valence-corrected chi connectivity index (χ4v) is 3.21. The number of urea groups is 1. The van der Waals surface area contributed by atoms with Crippen LogP contribution in [0.25, 0.3) is 0 Å². The molecule has 0 radical (unpaired) electrons. The molecular weight excluding hydrogens is 407 g/mol. The van der Waals surface area contributed by atoms with Gasteiger partial charge in [0.2, 0.25) is 5.91 Å². The van der Waals surface area contributed by atoms with E-state index in [-0.39, 0.29) is 18.1 Å². The number of nitrogens with zero attached hydrogens (tertiary/aromatic N) is 2. The van der Waals surface area contributed by atoms with E-state index in [1.165, 1.54) is 12.1 Å². The van der Waals surface area contributed by atoms with Crippen LogP contribution in [-0.4, -0.2) is 34.9 Å². The van der Waals surface area contributed by atoms with E-state index in [1.807, 2.05) is 48.5 Å². The highest BCUT2D eigenvalue weighted by atomic mass is 19.1. The van der Waals surface area contributed by atoms with Gasteiger partial charge in [0.15, 0.2) is 0 Å². The van der Waals surface area contributed by atoms with E-state index in [1.54, 1.807) is 18.3 Å². The number of hydrogen-bond acceptors (Lipinski definition) is 4. The summed E-state index contributed by atoms with van der Waals surface area (Å²) in [6.07, 6.45) is 2.64. The summed E-state index contributed by atoms with van der Waals surface area (Å²) in [4.78, 5) is 30.7. The number of nitrogens with one attached hydrogen (secondary N) is 2. The van der Waals surface area contributed by atoms with Crippen molar-refractivity contribution in [3.05, 3.63) is 102 Å². The summed E-state index contributed by atoms with van der Waals surface area (Å²) in [5, 5.41) is 5.05. The average molecular weight is 435 g/mol. The monoisotopic (exact) mass is 434 g/mol. The van der Waals surface area contributed by atoms with Gasteiger partial charge >= 0.3 is 6.03 Å². The summed E-state index contributed by atoms with van der Waals surface area (Å²) >= 11 is 0. The number of aromatic nitrogens is 1. The lowest BCUT2D eigenvalue weighted by Crippen LogP contribution is -2.40. The maximum atomic E-state index is 13.2. The first-order valence-electron chi connectivity index (χ1n) is 10.6. The van der Waals surface area contributed by atoms with Crippen LogP contribution in [0.3, 0.4) is 0 Å². The van der Waals surface area contributed by atoms with Crippen molar-refractivity contribution in [2.24, 2.45) is 0 Å². The average Bonchev–Trinajstić information content (AvgIpc) is 2.82. The molecule has 3 amide bonds. The van der Waals surface area contributed by atoms with Crippen molar-refractivity contribution in [2.75, 3.05) is 13.1 Å². The van der Waals surface area contributed by atoms with E-state index >= 15 is 0 Å². The largest absolute Gasteiger partial charge is 0.334 e. The maximum Gasteiger partial charge on any atom is 0.321 e. The molecule has 6 nitrogen and oxygen atoms in total. The Hall–Kier alpha value is -3.58. The molecule has 2 N–H and O–H groups in total. The van der Waals surface area contributed by atoms with Crippen molar-refractivity contribution in [3.8, 4) is 0 Å². The molecule has 0 saturated heterocycles. The predicted molar refractivity (Wildman–Crippen MR) is 121 cm³/mol. The van der Waals surface area contributed by atoms with Gasteiger partial charge in [-0.2, -0.15) is 0 Å². The fraction of sp³-hybridized carbons (Fsp3) is 0.240. The number of hydrogen-bond donors (Lipinski definition) is 2. The van der Waals surface area contributed by atoms with E-state index in [9.17, 15) is 14.0 Å². The highest BCUT2D eigenvalue weighted by molar-refractivity contribution is 5.94. The van der Waals surface area contributed by atoms with Crippen LogP contribution in [0.5, 0.6) is 0 Å². The smallest absolute Gasteiger partial charge is 0.321 e. The minimum atomic E-state index is -0.516. The predicted octanol–water partition coefficient (Wildman–Crippen LogP) is 3.68. The molecule has 0 spiro atoms. The SMILES string of the molecule is O=C(CCN(CCc1ccccn1)Cc1ccc(F)cc1)NC(=O)NCc1ccccc1. The molecule has 0 bridgehead atoms. The second-order valence-corrected chi connectivity index (χ2v) is 7.44. The van der Waals surface area contributed by atoms with E-state index in [0.29, 0.717) is 26.2 Å². The van der Waals surface area contributed by atoms with Crippen LogP contribution in [0, 0.1) is 5.82 Å². The van der Waals surface area contributed by atoms with Crippen LogP contribution in [0.2, 0.25) is 0 Å². The van der Waals surface area contributed by atoms with Crippen molar-refractivity contribution >= 4 is 11.9 Å². The van der Waals surface area contributed by atoms with Gasteiger partial charge in [-0.25, -0.2) is 9.18 Å². The first-order valence-corrected chi connectivity index (χ1v) is 10.6. The molecule has 0 fully saturated rings. The molecule has 0 aliphatic heterocycles. The number of imide groups is 1. The van der Waals surface area contributed by atoms with Crippen LogP contribution in [0.1, 0.15) is 23.2 Å². The minimum absolute atomic E-state index is 0.169. The van der Waals surface area contributed by atoms with Gasteiger partial charge in [-0.3, -0.25) is 20.0 Å². The number of pyridine rings is 1. The second kappa shape index (κ2) is 12.3. The summed E-state index contributed by atoms with van der Waals surface area (Å²) in [5.74, 6) is -0.632. The molecule has 0 saturated carbocycles. The van der Waals surface area contributed by atoms with Gasteiger partial charge in [-0.05, 0) is 35.4 Å². The summed E-state index contributed by atoms with van der Waals surface area (Å²) in [6.45, 7) is 2.06. The molecule has 166 valence electrons. The zero-order chi connectivity index (χ0) is 22.6. The quantitative estimate of drug-likeness (QED) is 0.511. The third kappa shape index (κ3) is 8.28. The number of rotatable bonds is 10. The van der Waals surface area contributed by atoms with E-state index < -0.39 is 6.03 Å². The third-order valence-corrected chi connectivity index (χ3v) is 4.93. The van der Waals surface area contributed by atoms with Gasteiger partial charge < -0.3 is 5.32 Å². The Labute approximate surface area is 187 Å². The molecule has 0 aliphatic carbocycles. The summed E-state index contributed by atoms with van der Waals surface area (Å²) in [6, 6.07) is 21.1. The van der Waals surface area contributed by atoms with Gasteiger partial charge in [-0.15, -0.1) is 0 Å².